The van der Waals surface area contributed by atoms with Crippen molar-refractivity contribution < 1.29 is 14.6 Å². The second-order valence-corrected chi connectivity index (χ2v) is 5.08. The third kappa shape index (κ3) is 2.82. The molecular formula is C15H18N2O3. The van der Waals surface area contributed by atoms with Gasteiger partial charge >= 0.3 is 5.97 Å². The Hall–Kier alpha value is -2.30. The lowest BCUT2D eigenvalue weighted by Gasteiger charge is -2.12. The Balaban J connectivity index is 2.55. The number of carbonyl (C=O) groups is 1. The molecule has 106 valence electrons. The maximum atomic E-state index is 11.2. The van der Waals surface area contributed by atoms with E-state index >= 15 is 0 Å². The number of hydrogen-bond acceptors (Lipinski definition) is 3. The van der Waals surface area contributed by atoms with Crippen molar-refractivity contribution >= 4 is 5.97 Å². The van der Waals surface area contributed by atoms with Gasteiger partial charge in [0.2, 0.25) is 0 Å². The number of hydrogen-bond donors (Lipinski definition) is 2. The minimum Gasteiger partial charge on any atom is -0.491 e. The van der Waals surface area contributed by atoms with Crippen molar-refractivity contribution in [3.8, 4) is 16.9 Å². The van der Waals surface area contributed by atoms with Crippen LogP contribution in [0.4, 0.5) is 0 Å². The fraction of sp³-hybridized carbons (Fsp3) is 0.333. The molecule has 0 radical (unpaired) electrons. The zero-order chi connectivity index (χ0) is 14.9. The van der Waals surface area contributed by atoms with Crippen molar-refractivity contribution in [3.05, 3.63) is 35.2 Å². The Morgan fingerprint density at radius 1 is 1.30 bits per heavy atom. The maximum absolute atomic E-state index is 11.2. The molecule has 5 nitrogen and oxygen atoms in total. The van der Waals surface area contributed by atoms with Crippen LogP contribution in [0, 0.1) is 13.8 Å². The summed E-state index contributed by atoms with van der Waals surface area (Å²) in [6.45, 7) is 7.66. The number of carboxylic acid groups (broad SMARTS) is 1. The molecule has 5 heteroatoms. The molecule has 0 fully saturated rings. The Morgan fingerprint density at radius 2 is 2.00 bits per heavy atom. The van der Waals surface area contributed by atoms with E-state index in [9.17, 15) is 9.90 Å². The molecule has 2 rings (SSSR count). The zero-order valence-electron chi connectivity index (χ0n) is 12.0. The largest absolute Gasteiger partial charge is 0.491 e. The highest BCUT2D eigenvalue weighted by atomic mass is 16.5. The summed E-state index contributed by atoms with van der Waals surface area (Å²) in [6.07, 6.45) is 0.0639. The van der Waals surface area contributed by atoms with Gasteiger partial charge in [-0.1, -0.05) is 6.07 Å². The third-order valence-corrected chi connectivity index (χ3v) is 2.86. The van der Waals surface area contributed by atoms with Crippen LogP contribution in [-0.4, -0.2) is 27.4 Å². The van der Waals surface area contributed by atoms with Gasteiger partial charge in [-0.15, -0.1) is 0 Å². The van der Waals surface area contributed by atoms with Gasteiger partial charge in [0.25, 0.3) is 0 Å². The highest BCUT2D eigenvalue weighted by Crippen LogP contribution is 2.30. The lowest BCUT2D eigenvalue weighted by molar-refractivity contribution is 0.0691. The Labute approximate surface area is 117 Å². The van der Waals surface area contributed by atoms with Gasteiger partial charge in [0, 0.05) is 11.3 Å². The monoisotopic (exact) mass is 274 g/mol. The van der Waals surface area contributed by atoms with E-state index in [1.165, 1.54) is 0 Å². The van der Waals surface area contributed by atoms with Gasteiger partial charge < -0.3 is 9.84 Å². The first kappa shape index (κ1) is 14.1. The summed E-state index contributed by atoms with van der Waals surface area (Å²) in [5.41, 5.74) is 3.17. The number of ether oxygens (including phenoxy) is 1. The van der Waals surface area contributed by atoms with Crippen LogP contribution in [0.25, 0.3) is 11.1 Å². The molecule has 2 aromatic rings. The van der Waals surface area contributed by atoms with E-state index in [2.05, 4.69) is 10.2 Å². The number of carboxylic acids is 1. The quantitative estimate of drug-likeness (QED) is 0.897. The fourth-order valence-electron chi connectivity index (χ4n) is 2.17. The number of aromatic amines is 1. The highest BCUT2D eigenvalue weighted by molar-refractivity contribution is 5.94. The van der Waals surface area contributed by atoms with Gasteiger partial charge in [-0.3, -0.25) is 5.10 Å². The second-order valence-electron chi connectivity index (χ2n) is 5.08. The first-order valence-electron chi connectivity index (χ1n) is 6.45. The molecule has 1 aromatic heterocycles. The van der Waals surface area contributed by atoms with E-state index < -0.39 is 5.97 Å². The first-order valence-corrected chi connectivity index (χ1v) is 6.45. The topological polar surface area (TPSA) is 75.2 Å². The summed E-state index contributed by atoms with van der Waals surface area (Å²) in [5.74, 6) is -0.316. The van der Waals surface area contributed by atoms with Crippen LogP contribution in [0.5, 0.6) is 5.75 Å². The van der Waals surface area contributed by atoms with Crippen molar-refractivity contribution in [1.82, 2.24) is 10.2 Å². The molecule has 0 spiro atoms. The van der Waals surface area contributed by atoms with E-state index in [0.29, 0.717) is 5.56 Å². The number of aromatic nitrogens is 2. The van der Waals surface area contributed by atoms with Gasteiger partial charge in [0.05, 0.1) is 6.10 Å². The number of nitrogens with one attached hydrogen (secondary N) is 1. The van der Waals surface area contributed by atoms with Gasteiger partial charge in [-0.05, 0) is 51.0 Å². The molecule has 20 heavy (non-hydrogen) atoms. The Bertz CT molecular complexity index is 645. The van der Waals surface area contributed by atoms with Crippen LogP contribution in [0.3, 0.4) is 0 Å². The van der Waals surface area contributed by atoms with Crippen molar-refractivity contribution in [1.29, 1.82) is 0 Å². The minimum absolute atomic E-state index is 0.0311. The molecule has 1 aromatic carbocycles. The predicted molar refractivity (Wildman–Crippen MR) is 76.2 cm³/mol. The molecule has 0 atom stereocenters. The number of aryl methyl sites for hydroxylation is 2. The lowest BCUT2D eigenvalue weighted by atomic mass is 10.0. The average molecular weight is 274 g/mol. The van der Waals surface area contributed by atoms with Crippen molar-refractivity contribution in [2.75, 3.05) is 0 Å². The molecule has 0 unspecified atom stereocenters. The van der Waals surface area contributed by atoms with E-state index in [1.54, 1.807) is 6.92 Å². The maximum Gasteiger partial charge on any atom is 0.357 e. The molecule has 0 bridgehead atoms. The summed E-state index contributed by atoms with van der Waals surface area (Å²) in [4.78, 5) is 11.2. The molecule has 2 N–H and O–H groups in total. The molecule has 0 aliphatic rings. The van der Waals surface area contributed by atoms with E-state index in [1.807, 2.05) is 39.0 Å². The summed E-state index contributed by atoms with van der Waals surface area (Å²) in [6, 6.07) is 5.70. The highest BCUT2D eigenvalue weighted by Gasteiger charge is 2.19. The van der Waals surface area contributed by atoms with Gasteiger partial charge in [-0.25, -0.2) is 4.79 Å². The van der Waals surface area contributed by atoms with Crippen molar-refractivity contribution in [2.24, 2.45) is 0 Å². The summed E-state index contributed by atoms with van der Waals surface area (Å²) < 4.78 is 5.70. The summed E-state index contributed by atoms with van der Waals surface area (Å²) in [7, 11) is 0. The first-order chi connectivity index (χ1) is 9.38. The molecule has 0 saturated heterocycles. The smallest absolute Gasteiger partial charge is 0.357 e. The van der Waals surface area contributed by atoms with E-state index in [4.69, 9.17) is 4.74 Å². The predicted octanol–water partition coefficient (Wildman–Crippen LogP) is 3.18. The molecule has 1 heterocycles. The number of nitrogens with zero attached hydrogens (tertiary/aromatic N) is 1. The van der Waals surface area contributed by atoms with Crippen molar-refractivity contribution in [3.63, 3.8) is 0 Å². The van der Waals surface area contributed by atoms with Gasteiger partial charge in [-0.2, -0.15) is 5.10 Å². The van der Waals surface area contributed by atoms with Crippen LogP contribution >= 0.6 is 0 Å². The van der Waals surface area contributed by atoms with E-state index in [-0.39, 0.29) is 11.8 Å². The van der Waals surface area contributed by atoms with Crippen LogP contribution in [0.15, 0.2) is 18.2 Å². The molecule has 0 amide bonds. The molecule has 0 saturated carbocycles. The number of aromatic carboxylic acids is 1. The summed E-state index contributed by atoms with van der Waals surface area (Å²) >= 11 is 0. The molecule has 0 aliphatic carbocycles. The fourth-order valence-corrected chi connectivity index (χ4v) is 2.17. The SMILES string of the molecule is Cc1cc(OC(C)C)cc(-c2c(C(=O)O)n[nH]c2C)c1. The van der Waals surface area contributed by atoms with Gasteiger partial charge in [0.15, 0.2) is 5.69 Å². The van der Waals surface area contributed by atoms with Crippen LogP contribution < -0.4 is 4.74 Å². The van der Waals surface area contributed by atoms with Crippen LogP contribution in [0.1, 0.15) is 35.6 Å². The Morgan fingerprint density at radius 3 is 2.60 bits per heavy atom. The third-order valence-electron chi connectivity index (χ3n) is 2.86. The average Bonchev–Trinajstić information content (AvgIpc) is 2.69. The van der Waals surface area contributed by atoms with Crippen LogP contribution in [-0.2, 0) is 0 Å². The summed E-state index contributed by atoms with van der Waals surface area (Å²) in [5, 5.41) is 15.8. The zero-order valence-corrected chi connectivity index (χ0v) is 12.0. The van der Waals surface area contributed by atoms with E-state index in [0.717, 1.165) is 22.6 Å². The van der Waals surface area contributed by atoms with Crippen molar-refractivity contribution in [2.45, 2.75) is 33.8 Å². The normalized spacial score (nSPS) is 10.8. The second kappa shape index (κ2) is 5.36. The minimum atomic E-state index is -1.04. The standard InChI is InChI=1S/C15H18N2O3/c1-8(2)20-12-6-9(3)5-11(7-12)13-10(4)16-17-14(13)15(18)19/h5-8H,1-4H3,(H,16,17)(H,18,19). The van der Waals surface area contributed by atoms with Gasteiger partial charge in [0.1, 0.15) is 5.75 Å². The number of benzene rings is 1. The number of rotatable bonds is 4. The number of H-pyrrole nitrogens is 1. The Kier molecular flexibility index (Phi) is 3.79. The van der Waals surface area contributed by atoms with Crippen LogP contribution in [0.2, 0.25) is 0 Å². The lowest BCUT2D eigenvalue weighted by Crippen LogP contribution is -2.06. The molecule has 0 aliphatic heterocycles. The molecular weight excluding hydrogens is 256 g/mol.